The largest absolute Gasteiger partial charge is 0.363 e. The van der Waals surface area contributed by atoms with Gasteiger partial charge in [0.05, 0.1) is 10.5 Å². The van der Waals surface area contributed by atoms with E-state index in [4.69, 9.17) is 0 Å². The normalized spacial score (nSPS) is 12.2. The number of anilines is 1. The predicted octanol–water partition coefficient (Wildman–Crippen LogP) is 5.09. The molecule has 0 bridgehead atoms. The average molecular weight is 370 g/mol. The van der Waals surface area contributed by atoms with Gasteiger partial charge >= 0.3 is 0 Å². The number of benzene rings is 1. The summed E-state index contributed by atoms with van der Waals surface area (Å²) in [6, 6.07) is 10.5. The van der Waals surface area contributed by atoms with Crippen molar-refractivity contribution < 1.29 is 0 Å². The molecule has 1 aromatic carbocycles. The molecule has 2 aromatic rings. The zero-order chi connectivity index (χ0) is 13.1. The summed E-state index contributed by atoms with van der Waals surface area (Å²) in [6.45, 7) is 4.15. The van der Waals surface area contributed by atoms with Gasteiger partial charge in [0, 0.05) is 10.7 Å². The number of hydrogen-bond acceptors (Lipinski definition) is 2. The molecule has 4 heteroatoms. The Morgan fingerprint density at radius 1 is 1.22 bits per heavy atom. The van der Waals surface area contributed by atoms with Crippen molar-refractivity contribution in [3.8, 4) is 0 Å². The van der Waals surface area contributed by atoms with Gasteiger partial charge in [0.15, 0.2) is 0 Å². The topological polar surface area (TPSA) is 24.9 Å². The van der Waals surface area contributed by atoms with Gasteiger partial charge in [-0.3, -0.25) is 0 Å². The number of nitrogens with zero attached hydrogens (tertiary/aromatic N) is 1. The number of rotatable bonds is 3. The van der Waals surface area contributed by atoms with E-state index < -0.39 is 0 Å². The van der Waals surface area contributed by atoms with E-state index in [1.54, 1.807) is 0 Å². The Morgan fingerprint density at radius 3 is 2.67 bits per heavy atom. The summed E-state index contributed by atoms with van der Waals surface area (Å²) in [5.41, 5.74) is 2.36. The zero-order valence-electron chi connectivity index (χ0n) is 10.2. The number of hydrogen-bond donors (Lipinski definition) is 1. The molecule has 0 saturated carbocycles. The van der Waals surface area contributed by atoms with Gasteiger partial charge in [-0.25, -0.2) is 4.98 Å². The molecule has 0 spiro atoms. The highest BCUT2D eigenvalue weighted by atomic mass is 79.9. The first-order valence-electron chi connectivity index (χ1n) is 5.70. The van der Waals surface area contributed by atoms with Gasteiger partial charge in [0.25, 0.3) is 0 Å². The van der Waals surface area contributed by atoms with Crippen molar-refractivity contribution in [1.29, 1.82) is 0 Å². The summed E-state index contributed by atoms with van der Waals surface area (Å²) < 4.78 is 2.08. The minimum atomic E-state index is 0.203. The van der Waals surface area contributed by atoms with Gasteiger partial charge in [-0.2, -0.15) is 0 Å². The first-order chi connectivity index (χ1) is 8.56. The third kappa shape index (κ3) is 3.33. The van der Waals surface area contributed by atoms with Crippen molar-refractivity contribution in [2.45, 2.75) is 19.9 Å². The summed E-state index contributed by atoms with van der Waals surface area (Å²) in [5.74, 6) is 0.869. The molecule has 2 rings (SSSR count). The summed E-state index contributed by atoms with van der Waals surface area (Å²) in [6.07, 6.45) is 1.86. The molecule has 0 aliphatic rings. The maximum atomic E-state index is 4.40. The van der Waals surface area contributed by atoms with E-state index in [1.807, 2.05) is 25.3 Å². The Bertz CT molecular complexity index is 555. The van der Waals surface area contributed by atoms with E-state index in [0.717, 1.165) is 20.3 Å². The van der Waals surface area contributed by atoms with E-state index in [9.17, 15) is 0 Å². The molecule has 0 fully saturated rings. The molecule has 0 aliphatic carbocycles. The third-order valence-electron chi connectivity index (χ3n) is 2.68. The molecule has 1 aromatic heterocycles. The SMILES string of the molecule is Cc1cnc(NC(C)c2cccc(Br)c2)c(Br)c1. The summed E-state index contributed by atoms with van der Waals surface area (Å²) in [4.78, 5) is 4.40. The van der Waals surface area contributed by atoms with Crippen LogP contribution in [-0.4, -0.2) is 4.98 Å². The van der Waals surface area contributed by atoms with Gasteiger partial charge in [0.1, 0.15) is 5.82 Å². The van der Waals surface area contributed by atoms with Gasteiger partial charge in [-0.1, -0.05) is 28.1 Å². The Labute approximate surface area is 124 Å². The quantitative estimate of drug-likeness (QED) is 0.815. The van der Waals surface area contributed by atoms with Crippen LogP contribution >= 0.6 is 31.9 Å². The first kappa shape index (κ1) is 13.6. The van der Waals surface area contributed by atoms with Crippen molar-refractivity contribution in [3.05, 3.63) is 56.6 Å². The summed E-state index contributed by atoms with van der Waals surface area (Å²) >= 11 is 7.02. The predicted molar refractivity (Wildman–Crippen MR) is 82.9 cm³/mol. The molecule has 1 heterocycles. The zero-order valence-corrected chi connectivity index (χ0v) is 13.4. The van der Waals surface area contributed by atoms with E-state index in [1.165, 1.54) is 5.56 Å². The standard InChI is InChI=1S/C14H14Br2N2/c1-9-6-13(16)14(17-8-9)18-10(2)11-4-3-5-12(15)7-11/h3-8,10H,1-2H3,(H,17,18). The van der Waals surface area contributed by atoms with Gasteiger partial charge < -0.3 is 5.32 Å². The van der Waals surface area contributed by atoms with Crippen LogP contribution in [-0.2, 0) is 0 Å². The Hall–Kier alpha value is -0.870. The Balaban J connectivity index is 2.18. The fraction of sp³-hybridized carbons (Fsp3) is 0.214. The molecule has 2 nitrogen and oxygen atoms in total. The number of nitrogens with one attached hydrogen (secondary N) is 1. The van der Waals surface area contributed by atoms with Crippen molar-refractivity contribution in [2.24, 2.45) is 0 Å². The van der Waals surface area contributed by atoms with Crippen LogP contribution in [0, 0.1) is 6.92 Å². The van der Waals surface area contributed by atoms with E-state index in [2.05, 4.69) is 67.3 Å². The maximum absolute atomic E-state index is 4.40. The Morgan fingerprint density at radius 2 is 2.00 bits per heavy atom. The molecule has 0 amide bonds. The second kappa shape index (κ2) is 5.85. The second-order valence-corrected chi connectivity index (χ2v) is 6.03. The van der Waals surface area contributed by atoms with Gasteiger partial charge in [-0.05, 0) is 59.1 Å². The summed E-state index contributed by atoms with van der Waals surface area (Å²) in [5, 5.41) is 3.40. The molecule has 0 aliphatic heterocycles. The number of aromatic nitrogens is 1. The minimum absolute atomic E-state index is 0.203. The molecular weight excluding hydrogens is 356 g/mol. The molecule has 1 atom stereocenters. The fourth-order valence-corrected chi connectivity index (χ4v) is 2.70. The van der Waals surface area contributed by atoms with Crippen LogP contribution in [0.4, 0.5) is 5.82 Å². The lowest BCUT2D eigenvalue weighted by atomic mass is 10.1. The van der Waals surface area contributed by atoms with E-state index >= 15 is 0 Å². The molecule has 94 valence electrons. The summed E-state index contributed by atoms with van der Waals surface area (Å²) in [7, 11) is 0. The van der Waals surface area contributed by atoms with Crippen LogP contribution in [0.1, 0.15) is 24.1 Å². The molecule has 0 saturated heterocycles. The molecule has 1 unspecified atom stereocenters. The lowest BCUT2D eigenvalue weighted by molar-refractivity contribution is 0.871. The van der Waals surface area contributed by atoms with Crippen molar-refractivity contribution in [2.75, 3.05) is 5.32 Å². The van der Waals surface area contributed by atoms with Crippen molar-refractivity contribution in [3.63, 3.8) is 0 Å². The van der Waals surface area contributed by atoms with Crippen LogP contribution in [0.5, 0.6) is 0 Å². The van der Waals surface area contributed by atoms with Crippen LogP contribution < -0.4 is 5.32 Å². The van der Waals surface area contributed by atoms with Gasteiger partial charge in [0.2, 0.25) is 0 Å². The van der Waals surface area contributed by atoms with Crippen LogP contribution in [0.15, 0.2) is 45.5 Å². The highest BCUT2D eigenvalue weighted by Gasteiger charge is 2.08. The average Bonchev–Trinajstić information content (AvgIpc) is 2.32. The lowest BCUT2D eigenvalue weighted by Gasteiger charge is -2.16. The monoisotopic (exact) mass is 368 g/mol. The van der Waals surface area contributed by atoms with E-state index in [0.29, 0.717) is 0 Å². The highest BCUT2D eigenvalue weighted by molar-refractivity contribution is 9.10. The van der Waals surface area contributed by atoms with Crippen LogP contribution in [0.3, 0.4) is 0 Å². The van der Waals surface area contributed by atoms with Crippen LogP contribution in [0.25, 0.3) is 0 Å². The minimum Gasteiger partial charge on any atom is -0.363 e. The number of aryl methyl sites for hydroxylation is 1. The smallest absolute Gasteiger partial charge is 0.140 e. The molecule has 1 N–H and O–H groups in total. The molecule has 0 radical (unpaired) electrons. The van der Waals surface area contributed by atoms with Crippen molar-refractivity contribution in [1.82, 2.24) is 4.98 Å². The lowest BCUT2D eigenvalue weighted by Crippen LogP contribution is -2.08. The molecule has 18 heavy (non-hydrogen) atoms. The first-order valence-corrected chi connectivity index (χ1v) is 7.29. The van der Waals surface area contributed by atoms with E-state index in [-0.39, 0.29) is 6.04 Å². The second-order valence-electron chi connectivity index (χ2n) is 4.26. The third-order valence-corrected chi connectivity index (χ3v) is 3.78. The van der Waals surface area contributed by atoms with Crippen LogP contribution in [0.2, 0.25) is 0 Å². The molecular formula is C14H14Br2N2. The van der Waals surface area contributed by atoms with Gasteiger partial charge in [-0.15, -0.1) is 0 Å². The van der Waals surface area contributed by atoms with Crippen molar-refractivity contribution >= 4 is 37.7 Å². The Kier molecular flexibility index (Phi) is 4.40. The maximum Gasteiger partial charge on any atom is 0.140 e. The number of pyridine rings is 1. The fourth-order valence-electron chi connectivity index (χ4n) is 1.70. The number of halogens is 2. The highest BCUT2D eigenvalue weighted by Crippen LogP contribution is 2.26.